The molecule has 3 heteroatoms. The summed E-state index contributed by atoms with van der Waals surface area (Å²) in [6.07, 6.45) is 0. The van der Waals surface area contributed by atoms with Gasteiger partial charge in [0.05, 0.1) is 6.61 Å². The van der Waals surface area contributed by atoms with Gasteiger partial charge >= 0.3 is 0 Å². The third-order valence-electron chi connectivity index (χ3n) is 3.67. The lowest BCUT2D eigenvalue weighted by Gasteiger charge is -2.14. The average Bonchev–Trinajstić information content (AvgIpc) is 2.37. The Hall–Kier alpha value is -1.87. The second-order valence-corrected chi connectivity index (χ2v) is 5.80. The minimum Gasteiger partial charge on any atom is -0.439 e. The molecule has 0 saturated heterocycles. The van der Waals surface area contributed by atoms with Gasteiger partial charge in [0, 0.05) is 11.3 Å². The van der Waals surface area contributed by atoms with Gasteiger partial charge in [-0.3, -0.25) is 0 Å². The number of aryl methyl sites for hydroxylation is 3. The van der Waals surface area contributed by atoms with Gasteiger partial charge in [-0.25, -0.2) is 4.98 Å². The molecule has 0 bridgehead atoms. The lowest BCUT2D eigenvalue weighted by molar-refractivity contribution is 0.274. The van der Waals surface area contributed by atoms with E-state index in [1.54, 1.807) is 0 Å². The lowest BCUT2D eigenvalue weighted by Crippen LogP contribution is -2.00. The van der Waals surface area contributed by atoms with E-state index in [-0.39, 0.29) is 6.61 Å². The largest absolute Gasteiger partial charge is 0.439 e. The number of nitrogens with zero attached hydrogens (tertiary/aromatic N) is 1. The van der Waals surface area contributed by atoms with Gasteiger partial charge in [0.25, 0.3) is 0 Å². The van der Waals surface area contributed by atoms with Gasteiger partial charge < -0.3 is 9.84 Å². The van der Waals surface area contributed by atoms with Gasteiger partial charge in [0.15, 0.2) is 0 Å². The second kappa shape index (κ2) is 6.27. The highest BCUT2D eigenvalue weighted by atomic mass is 16.5. The molecule has 112 valence electrons. The molecule has 21 heavy (non-hydrogen) atoms. The summed E-state index contributed by atoms with van der Waals surface area (Å²) >= 11 is 0. The van der Waals surface area contributed by atoms with Crippen LogP contribution in [0.3, 0.4) is 0 Å². The van der Waals surface area contributed by atoms with Crippen molar-refractivity contribution < 1.29 is 9.84 Å². The Balaban J connectivity index is 2.36. The Kier molecular flexibility index (Phi) is 4.63. The molecule has 2 aromatic rings. The zero-order chi connectivity index (χ0) is 15.6. The van der Waals surface area contributed by atoms with Crippen LogP contribution in [0.5, 0.6) is 11.6 Å². The molecule has 0 unspecified atom stereocenters. The minimum atomic E-state index is -0.0719. The fourth-order valence-corrected chi connectivity index (χ4v) is 2.58. The van der Waals surface area contributed by atoms with Gasteiger partial charge in [-0.15, -0.1) is 0 Å². The first-order valence-electron chi connectivity index (χ1n) is 7.28. The van der Waals surface area contributed by atoms with Gasteiger partial charge in [0.2, 0.25) is 5.88 Å². The smallest absolute Gasteiger partial charge is 0.225 e. The van der Waals surface area contributed by atoms with Crippen molar-refractivity contribution in [3.63, 3.8) is 0 Å². The SMILES string of the molecule is Cc1cc(C)c(CO)c(Oc2ccc(C(C)C)c(C)c2)n1. The van der Waals surface area contributed by atoms with Crippen LogP contribution >= 0.6 is 0 Å². The quantitative estimate of drug-likeness (QED) is 0.904. The fourth-order valence-electron chi connectivity index (χ4n) is 2.58. The first kappa shape index (κ1) is 15.5. The van der Waals surface area contributed by atoms with Crippen molar-refractivity contribution in [1.82, 2.24) is 4.98 Å². The third kappa shape index (κ3) is 3.42. The van der Waals surface area contributed by atoms with E-state index in [0.717, 1.165) is 22.6 Å². The predicted molar refractivity (Wildman–Crippen MR) is 85.0 cm³/mol. The van der Waals surface area contributed by atoms with Crippen LogP contribution in [0.2, 0.25) is 0 Å². The maximum Gasteiger partial charge on any atom is 0.225 e. The van der Waals surface area contributed by atoms with Crippen molar-refractivity contribution in [3.8, 4) is 11.6 Å². The van der Waals surface area contributed by atoms with Gasteiger partial charge in [-0.05, 0) is 61.6 Å². The van der Waals surface area contributed by atoms with E-state index in [4.69, 9.17) is 4.74 Å². The lowest BCUT2D eigenvalue weighted by atomic mass is 9.98. The highest BCUT2D eigenvalue weighted by Gasteiger charge is 2.11. The summed E-state index contributed by atoms with van der Waals surface area (Å²) in [6.45, 7) is 10.3. The third-order valence-corrected chi connectivity index (χ3v) is 3.67. The molecule has 0 fully saturated rings. The van der Waals surface area contributed by atoms with E-state index in [9.17, 15) is 5.11 Å². The number of aliphatic hydroxyl groups is 1. The molecule has 0 spiro atoms. The summed E-state index contributed by atoms with van der Waals surface area (Å²) in [5, 5.41) is 9.52. The number of ether oxygens (including phenoxy) is 1. The van der Waals surface area contributed by atoms with Crippen molar-refractivity contribution >= 4 is 0 Å². The number of rotatable bonds is 4. The molecule has 0 atom stereocenters. The van der Waals surface area contributed by atoms with Crippen LogP contribution < -0.4 is 4.74 Å². The molecule has 1 N–H and O–H groups in total. The van der Waals surface area contributed by atoms with Crippen LogP contribution in [0.1, 0.15) is 47.7 Å². The molecule has 1 aromatic carbocycles. The fraction of sp³-hybridized carbons (Fsp3) is 0.389. The average molecular weight is 285 g/mol. The van der Waals surface area contributed by atoms with E-state index in [2.05, 4.69) is 31.8 Å². The number of aromatic nitrogens is 1. The zero-order valence-electron chi connectivity index (χ0n) is 13.4. The Morgan fingerprint density at radius 2 is 1.81 bits per heavy atom. The summed E-state index contributed by atoms with van der Waals surface area (Å²) in [5.74, 6) is 1.74. The molecule has 3 nitrogen and oxygen atoms in total. The number of hydrogen-bond acceptors (Lipinski definition) is 3. The topological polar surface area (TPSA) is 42.4 Å². The Morgan fingerprint density at radius 3 is 2.38 bits per heavy atom. The highest BCUT2D eigenvalue weighted by Crippen LogP contribution is 2.29. The van der Waals surface area contributed by atoms with E-state index in [1.165, 1.54) is 11.1 Å². The molecule has 1 aromatic heterocycles. The predicted octanol–water partition coefficient (Wildman–Crippen LogP) is 4.41. The summed E-state index contributed by atoms with van der Waals surface area (Å²) in [6, 6.07) is 8.03. The number of pyridine rings is 1. The Labute approximate surface area is 126 Å². The molecule has 0 amide bonds. The monoisotopic (exact) mass is 285 g/mol. The molecule has 0 saturated carbocycles. The minimum absolute atomic E-state index is 0.0719. The van der Waals surface area contributed by atoms with Crippen LogP contribution in [0.4, 0.5) is 0 Å². The van der Waals surface area contributed by atoms with Crippen molar-refractivity contribution in [1.29, 1.82) is 0 Å². The summed E-state index contributed by atoms with van der Waals surface area (Å²) in [4.78, 5) is 4.41. The van der Waals surface area contributed by atoms with E-state index >= 15 is 0 Å². The van der Waals surface area contributed by atoms with Gasteiger partial charge in [-0.1, -0.05) is 19.9 Å². The van der Waals surface area contributed by atoms with Crippen molar-refractivity contribution in [2.45, 2.75) is 47.1 Å². The maximum atomic E-state index is 9.52. The number of benzene rings is 1. The molecular formula is C18H23NO2. The van der Waals surface area contributed by atoms with Gasteiger partial charge in [0.1, 0.15) is 5.75 Å². The number of aliphatic hydroxyl groups excluding tert-OH is 1. The first-order valence-corrected chi connectivity index (χ1v) is 7.28. The van der Waals surface area contributed by atoms with Crippen molar-refractivity contribution in [3.05, 3.63) is 52.2 Å². The van der Waals surface area contributed by atoms with Crippen LogP contribution in [-0.4, -0.2) is 10.1 Å². The molecule has 1 heterocycles. The van der Waals surface area contributed by atoms with Crippen LogP contribution in [0.15, 0.2) is 24.3 Å². The molecule has 0 aliphatic heterocycles. The van der Waals surface area contributed by atoms with Gasteiger partial charge in [-0.2, -0.15) is 0 Å². The van der Waals surface area contributed by atoms with Crippen LogP contribution in [-0.2, 0) is 6.61 Å². The van der Waals surface area contributed by atoms with Crippen molar-refractivity contribution in [2.24, 2.45) is 0 Å². The van der Waals surface area contributed by atoms with E-state index in [1.807, 2.05) is 32.0 Å². The summed E-state index contributed by atoms with van der Waals surface area (Å²) in [5.41, 5.74) is 5.15. The van der Waals surface area contributed by atoms with E-state index < -0.39 is 0 Å². The second-order valence-electron chi connectivity index (χ2n) is 5.80. The van der Waals surface area contributed by atoms with Crippen LogP contribution in [0.25, 0.3) is 0 Å². The molecule has 2 rings (SSSR count). The Morgan fingerprint density at radius 1 is 1.10 bits per heavy atom. The molecule has 0 aliphatic carbocycles. The van der Waals surface area contributed by atoms with Crippen LogP contribution in [0, 0.1) is 20.8 Å². The number of hydrogen-bond donors (Lipinski definition) is 1. The summed E-state index contributed by atoms with van der Waals surface area (Å²) in [7, 11) is 0. The highest BCUT2D eigenvalue weighted by molar-refractivity contribution is 5.41. The molecular weight excluding hydrogens is 262 g/mol. The molecule has 0 aliphatic rings. The van der Waals surface area contributed by atoms with Crippen molar-refractivity contribution in [2.75, 3.05) is 0 Å². The Bertz CT molecular complexity index is 648. The maximum absolute atomic E-state index is 9.52. The molecule has 0 radical (unpaired) electrons. The summed E-state index contributed by atoms with van der Waals surface area (Å²) < 4.78 is 5.91. The van der Waals surface area contributed by atoms with E-state index in [0.29, 0.717) is 11.8 Å². The normalized spacial score (nSPS) is 11.0. The zero-order valence-corrected chi connectivity index (χ0v) is 13.4. The standard InChI is InChI=1S/C18H23NO2/c1-11(2)16-7-6-15(9-13(16)4)21-18-17(10-20)12(3)8-14(5)19-18/h6-9,11,20H,10H2,1-5H3. The first-order chi connectivity index (χ1) is 9.92.